The second kappa shape index (κ2) is 6.07. The first-order valence-corrected chi connectivity index (χ1v) is 7.02. The Bertz CT molecular complexity index is 505. The lowest BCUT2D eigenvalue weighted by atomic mass is 10.1. The molecule has 0 heterocycles. The number of nitrogens with one attached hydrogen (secondary N) is 1. The monoisotopic (exact) mass is 257 g/mol. The van der Waals surface area contributed by atoms with Gasteiger partial charge in [-0.05, 0) is 50.7 Å². The normalized spacial score (nSPS) is 12.4. The predicted molar refractivity (Wildman–Crippen MR) is 79.2 cm³/mol. The van der Waals surface area contributed by atoms with Gasteiger partial charge in [-0.25, -0.2) is 0 Å². The molecule has 0 aromatic heterocycles. The highest BCUT2D eigenvalue weighted by Gasteiger charge is 2.02. The van der Waals surface area contributed by atoms with E-state index in [1.807, 2.05) is 18.8 Å². The summed E-state index contributed by atoms with van der Waals surface area (Å²) in [5.74, 6) is 0. The van der Waals surface area contributed by atoms with Gasteiger partial charge in [0.05, 0.1) is 0 Å². The van der Waals surface area contributed by atoms with Crippen molar-refractivity contribution in [3.8, 4) is 0 Å². The molecule has 0 saturated heterocycles. The largest absolute Gasteiger partial charge is 0.313 e. The molecular weight excluding hydrogens is 238 g/mol. The first kappa shape index (κ1) is 13.2. The lowest BCUT2D eigenvalue weighted by Crippen LogP contribution is -2.11. The summed E-state index contributed by atoms with van der Waals surface area (Å²) in [5.41, 5.74) is 2.63. The minimum absolute atomic E-state index is 0.406. The standard InChI is InChI=1S/C16H19NS/c1-12-5-4-6-16(11-12)18-15-9-7-14(8-10-15)13(2)17-3/h4-11,13,17H,1-3H3. The van der Waals surface area contributed by atoms with Crippen LogP contribution in [0.1, 0.15) is 24.1 Å². The Hall–Kier alpha value is -1.25. The fourth-order valence-electron chi connectivity index (χ4n) is 1.81. The van der Waals surface area contributed by atoms with E-state index in [0.29, 0.717) is 6.04 Å². The number of aryl methyl sites for hydroxylation is 1. The van der Waals surface area contributed by atoms with Crippen LogP contribution >= 0.6 is 11.8 Å². The van der Waals surface area contributed by atoms with Gasteiger partial charge in [-0.3, -0.25) is 0 Å². The molecule has 0 bridgehead atoms. The van der Waals surface area contributed by atoms with E-state index >= 15 is 0 Å². The van der Waals surface area contributed by atoms with Crippen molar-refractivity contribution in [3.63, 3.8) is 0 Å². The summed E-state index contributed by atoms with van der Waals surface area (Å²) in [4.78, 5) is 2.58. The third-order valence-corrected chi connectivity index (χ3v) is 4.04. The topological polar surface area (TPSA) is 12.0 Å². The molecule has 1 atom stereocenters. The van der Waals surface area contributed by atoms with E-state index in [0.717, 1.165) is 0 Å². The number of benzene rings is 2. The lowest BCUT2D eigenvalue weighted by Gasteiger charge is -2.11. The van der Waals surface area contributed by atoms with Crippen LogP contribution in [0.3, 0.4) is 0 Å². The molecule has 94 valence electrons. The first-order chi connectivity index (χ1) is 8.69. The number of hydrogen-bond acceptors (Lipinski definition) is 2. The van der Waals surface area contributed by atoms with Crippen molar-refractivity contribution in [2.24, 2.45) is 0 Å². The van der Waals surface area contributed by atoms with Crippen LogP contribution in [0.2, 0.25) is 0 Å². The van der Waals surface area contributed by atoms with Crippen molar-refractivity contribution in [1.29, 1.82) is 0 Å². The fourth-order valence-corrected chi connectivity index (χ4v) is 2.74. The Morgan fingerprint density at radius 1 is 1.00 bits per heavy atom. The Morgan fingerprint density at radius 2 is 1.72 bits per heavy atom. The van der Waals surface area contributed by atoms with E-state index in [9.17, 15) is 0 Å². The SMILES string of the molecule is CNC(C)c1ccc(Sc2cccc(C)c2)cc1. The average molecular weight is 257 g/mol. The van der Waals surface area contributed by atoms with Crippen molar-refractivity contribution >= 4 is 11.8 Å². The highest BCUT2D eigenvalue weighted by Crippen LogP contribution is 2.28. The Labute approximate surface area is 114 Å². The fraction of sp³-hybridized carbons (Fsp3) is 0.250. The van der Waals surface area contributed by atoms with Crippen molar-refractivity contribution < 1.29 is 0 Å². The summed E-state index contributed by atoms with van der Waals surface area (Å²) in [6.07, 6.45) is 0. The Kier molecular flexibility index (Phi) is 4.45. The van der Waals surface area contributed by atoms with Crippen LogP contribution < -0.4 is 5.32 Å². The van der Waals surface area contributed by atoms with Crippen LogP contribution in [0.15, 0.2) is 58.3 Å². The van der Waals surface area contributed by atoms with Gasteiger partial charge in [-0.1, -0.05) is 41.6 Å². The van der Waals surface area contributed by atoms with Crippen molar-refractivity contribution in [2.45, 2.75) is 29.7 Å². The molecule has 1 nitrogen and oxygen atoms in total. The molecule has 0 aliphatic heterocycles. The van der Waals surface area contributed by atoms with Crippen LogP contribution in [0.4, 0.5) is 0 Å². The van der Waals surface area contributed by atoms with Crippen LogP contribution in [0, 0.1) is 6.92 Å². The summed E-state index contributed by atoms with van der Waals surface area (Å²) >= 11 is 1.81. The number of hydrogen-bond donors (Lipinski definition) is 1. The minimum atomic E-state index is 0.406. The van der Waals surface area contributed by atoms with E-state index < -0.39 is 0 Å². The van der Waals surface area contributed by atoms with Crippen molar-refractivity contribution in [3.05, 3.63) is 59.7 Å². The van der Waals surface area contributed by atoms with Crippen LogP contribution in [0.25, 0.3) is 0 Å². The third-order valence-electron chi connectivity index (χ3n) is 3.04. The molecule has 2 rings (SSSR count). The van der Waals surface area contributed by atoms with Gasteiger partial charge in [0, 0.05) is 15.8 Å². The van der Waals surface area contributed by atoms with Gasteiger partial charge in [0.2, 0.25) is 0 Å². The van der Waals surface area contributed by atoms with Gasteiger partial charge in [0.15, 0.2) is 0 Å². The summed E-state index contributed by atoms with van der Waals surface area (Å²) in [7, 11) is 1.99. The van der Waals surface area contributed by atoms with E-state index in [1.165, 1.54) is 20.9 Å². The molecule has 18 heavy (non-hydrogen) atoms. The van der Waals surface area contributed by atoms with E-state index in [4.69, 9.17) is 0 Å². The van der Waals surface area contributed by atoms with E-state index in [-0.39, 0.29) is 0 Å². The molecule has 2 aromatic carbocycles. The average Bonchev–Trinajstić information content (AvgIpc) is 2.39. The van der Waals surface area contributed by atoms with Crippen LogP contribution in [-0.4, -0.2) is 7.05 Å². The molecular formula is C16H19NS. The van der Waals surface area contributed by atoms with Crippen LogP contribution in [-0.2, 0) is 0 Å². The zero-order valence-corrected chi connectivity index (χ0v) is 11.9. The molecule has 1 unspecified atom stereocenters. The third kappa shape index (κ3) is 3.37. The second-order valence-electron chi connectivity index (χ2n) is 4.50. The molecule has 0 aliphatic carbocycles. The van der Waals surface area contributed by atoms with Gasteiger partial charge >= 0.3 is 0 Å². The molecule has 2 aromatic rings. The highest BCUT2D eigenvalue weighted by molar-refractivity contribution is 7.99. The Balaban J connectivity index is 2.11. The smallest absolute Gasteiger partial charge is 0.0289 e. The minimum Gasteiger partial charge on any atom is -0.313 e. The zero-order valence-electron chi connectivity index (χ0n) is 11.1. The molecule has 2 heteroatoms. The quantitative estimate of drug-likeness (QED) is 0.869. The summed E-state index contributed by atoms with van der Waals surface area (Å²) < 4.78 is 0. The Morgan fingerprint density at radius 3 is 2.33 bits per heavy atom. The highest BCUT2D eigenvalue weighted by atomic mass is 32.2. The maximum Gasteiger partial charge on any atom is 0.0289 e. The second-order valence-corrected chi connectivity index (χ2v) is 5.64. The number of rotatable bonds is 4. The first-order valence-electron chi connectivity index (χ1n) is 6.21. The molecule has 1 N–H and O–H groups in total. The van der Waals surface area contributed by atoms with Crippen LogP contribution in [0.5, 0.6) is 0 Å². The van der Waals surface area contributed by atoms with Gasteiger partial charge < -0.3 is 5.32 Å². The molecule has 0 aliphatic rings. The van der Waals surface area contributed by atoms with Gasteiger partial charge in [0.1, 0.15) is 0 Å². The maximum absolute atomic E-state index is 3.25. The molecule has 0 spiro atoms. The summed E-state index contributed by atoms with van der Waals surface area (Å²) in [6.45, 7) is 4.30. The van der Waals surface area contributed by atoms with E-state index in [1.54, 1.807) is 0 Å². The van der Waals surface area contributed by atoms with Crippen molar-refractivity contribution in [1.82, 2.24) is 5.32 Å². The molecule has 0 amide bonds. The van der Waals surface area contributed by atoms with Gasteiger partial charge in [-0.2, -0.15) is 0 Å². The zero-order chi connectivity index (χ0) is 13.0. The van der Waals surface area contributed by atoms with Crippen molar-refractivity contribution in [2.75, 3.05) is 7.05 Å². The molecule has 0 saturated carbocycles. The molecule has 0 radical (unpaired) electrons. The maximum atomic E-state index is 3.25. The summed E-state index contributed by atoms with van der Waals surface area (Å²) in [5, 5.41) is 3.25. The lowest BCUT2D eigenvalue weighted by molar-refractivity contribution is 0.652. The summed E-state index contributed by atoms with van der Waals surface area (Å²) in [6, 6.07) is 17.8. The van der Waals surface area contributed by atoms with E-state index in [2.05, 4.69) is 67.7 Å². The predicted octanol–water partition coefficient (Wildman–Crippen LogP) is 4.43. The van der Waals surface area contributed by atoms with Gasteiger partial charge in [-0.15, -0.1) is 0 Å². The van der Waals surface area contributed by atoms with Gasteiger partial charge in [0.25, 0.3) is 0 Å². The molecule has 0 fully saturated rings.